The number of anilines is 1. The number of rotatable bonds is 8. The van der Waals surface area contributed by atoms with Crippen molar-refractivity contribution >= 4 is 26.6 Å². The fraction of sp³-hybridized carbons (Fsp3) is 0.500. The molecule has 0 amide bonds. The molecule has 0 radical (unpaired) electrons. The van der Waals surface area contributed by atoms with E-state index in [-0.39, 0.29) is 0 Å². The van der Waals surface area contributed by atoms with Crippen molar-refractivity contribution in [3.63, 3.8) is 0 Å². The Bertz CT molecular complexity index is 554. The lowest BCUT2D eigenvalue weighted by atomic mass is 10.5. The maximum Gasteiger partial charge on any atom is 0.211 e. The van der Waals surface area contributed by atoms with Gasteiger partial charge in [-0.1, -0.05) is 24.1 Å². The van der Waals surface area contributed by atoms with Gasteiger partial charge in [0.1, 0.15) is 5.00 Å². The zero-order valence-corrected chi connectivity index (χ0v) is 15.6. The Balaban J connectivity index is 2.59. The molecule has 22 heavy (non-hydrogen) atoms. The summed E-state index contributed by atoms with van der Waals surface area (Å²) in [5, 5.41) is 6.48. The number of methoxy groups -OCH3 is 3. The van der Waals surface area contributed by atoms with Crippen LogP contribution in [0.2, 0.25) is 0 Å². The van der Waals surface area contributed by atoms with E-state index in [1.807, 2.05) is 0 Å². The fourth-order valence-electron chi connectivity index (χ4n) is 2.69. The van der Waals surface area contributed by atoms with E-state index in [1.165, 1.54) is 5.00 Å². The van der Waals surface area contributed by atoms with Gasteiger partial charge in [0, 0.05) is 17.7 Å². The van der Waals surface area contributed by atoms with Crippen LogP contribution in [0, 0.1) is 0 Å². The molecular formula is C16H25NO3S2. The molecule has 1 aliphatic rings. The Morgan fingerprint density at radius 2 is 1.91 bits per heavy atom. The monoisotopic (exact) mass is 343 g/mol. The second-order valence-electron chi connectivity index (χ2n) is 4.81. The summed E-state index contributed by atoms with van der Waals surface area (Å²) in [6.07, 6.45) is 1.07. The first-order chi connectivity index (χ1) is 10.7. The van der Waals surface area contributed by atoms with Gasteiger partial charge in [-0.15, -0.1) is 11.3 Å². The molecule has 0 bridgehead atoms. The van der Waals surface area contributed by atoms with Crippen LogP contribution < -0.4 is 4.31 Å². The first-order valence-corrected chi connectivity index (χ1v) is 10.1. The molecule has 0 N–H and O–H groups in total. The van der Waals surface area contributed by atoms with E-state index >= 15 is 0 Å². The fourth-order valence-corrected chi connectivity index (χ4v) is 7.30. The summed E-state index contributed by atoms with van der Waals surface area (Å²) in [5.41, 5.74) is 0. The van der Waals surface area contributed by atoms with Gasteiger partial charge in [0.05, 0.1) is 21.3 Å². The van der Waals surface area contributed by atoms with Crippen molar-refractivity contribution in [3.05, 3.63) is 39.5 Å². The molecule has 1 unspecified atom stereocenters. The van der Waals surface area contributed by atoms with Crippen molar-refractivity contribution < 1.29 is 14.2 Å². The molecule has 1 aliphatic heterocycles. The van der Waals surface area contributed by atoms with Gasteiger partial charge in [-0.05, 0) is 23.9 Å². The van der Waals surface area contributed by atoms with Gasteiger partial charge in [-0.2, -0.15) is 0 Å². The molecular weight excluding hydrogens is 318 g/mol. The molecule has 1 aromatic rings. The van der Waals surface area contributed by atoms with Crippen molar-refractivity contribution in [1.29, 1.82) is 0 Å². The van der Waals surface area contributed by atoms with Crippen molar-refractivity contribution in [2.75, 3.05) is 37.9 Å². The van der Waals surface area contributed by atoms with E-state index < -0.39 is 10.2 Å². The summed E-state index contributed by atoms with van der Waals surface area (Å²) in [7, 11) is 3.62. The molecule has 2 heterocycles. The minimum Gasteiger partial charge on any atom is -0.492 e. The first-order valence-electron chi connectivity index (χ1n) is 7.39. The van der Waals surface area contributed by atoms with Gasteiger partial charge >= 0.3 is 0 Å². The molecule has 124 valence electrons. The van der Waals surface area contributed by atoms with E-state index in [2.05, 4.69) is 41.1 Å². The molecule has 6 heteroatoms. The predicted molar refractivity (Wildman–Crippen MR) is 96.2 cm³/mol. The van der Waals surface area contributed by atoms with Crippen molar-refractivity contribution in [3.8, 4) is 0 Å². The Morgan fingerprint density at radius 3 is 2.36 bits per heavy atom. The second-order valence-corrected chi connectivity index (χ2v) is 8.87. The van der Waals surface area contributed by atoms with Gasteiger partial charge in [-0.3, -0.25) is 0 Å². The van der Waals surface area contributed by atoms with Gasteiger partial charge in [0.15, 0.2) is 5.76 Å². The zero-order valence-electron chi connectivity index (χ0n) is 13.9. The highest BCUT2D eigenvalue weighted by atomic mass is 32.3. The lowest BCUT2D eigenvalue weighted by Gasteiger charge is -2.45. The molecule has 0 saturated carbocycles. The van der Waals surface area contributed by atoms with Crippen LogP contribution in [-0.4, -0.2) is 33.6 Å². The van der Waals surface area contributed by atoms with Gasteiger partial charge in [-0.25, -0.2) is 0 Å². The van der Waals surface area contributed by atoms with Gasteiger partial charge in [0.25, 0.3) is 0 Å². The highest BCUT2D eigenvalue weighted by Crippen LogP contribution is 2.67. The molecule has 1 aromatic heterocycles. The highest BCUT2D eigenvalue weighted by Gasteiger charge is 2.43. The van der Waals surface area contributed by atoms with E-state index in [4.69, 9.17) is 14.2 Å². The van der Waals surface area contributed by atoms with Gasteiger partial charge < -0.3 is 18.5 Å². The van der Waals surface area contributed by atoms with Crippen LogP contribution in [0.1, 0.15) is 20.3 Å². The highest BCUT2D eigenvalue weighted by molar-refractivity contribution is 8.40. The van der Waals surface area contributed by atoms with Crippen LogP contribution >= 0.6 is 21.6 Å². The van der Waals surface area contributed by atoms with Crippen molar-refractivity contribution in [2.24, 2.45) is 0 Å². The number of nitrogens with zero attached hydrogens (tertiary/aromatic N) is 1. The Hall–Kier alpha value is -1.27. The maximum atomic E-state index is 5.80. The lowest BCUT2D eigenvalue weighted by Crippen LogP contribution is -2.29. The standard InChI is InChI=1S/C16H25NO3S2/c1-6-10-17(14-9-8-11-21-14)22(7-2)12-13(18-3)15(19-4)16(22)20-5/h8-9,11-12H,6-7,10H2,1-5H3. The van der Waals surface area contributed by atoms with Crippen LogP contribution in [-0.2, 0) is 14.2 Å². The van der Waals surface area contributed by atoms with E-state index in [0.29, 0.717) is 0 Å². The maximum absolute atomic E-state index is 5.80. The lowest BCUT2D eigenvalue weighted by molar-refractivity contribution is 0.200. The summed E-state index contributed by atoms with van der Waals surface area (Å²) in [5.74, 6) is 2.45. The molecule has 0 fully saturated rings. The number of hydrogen-bond acceptors (Lipinski definition) is 5. The number of thiophene rings is 1. The number of hydrogen-bond donors (Lipinski definition) is 0. The molecule has 0 spiro atoms. The Kier molecular flexibility index (Phi) is 5.69. The summed E-state index contributed by atoms with van der Waals surface area (Å²) < 4.78 is 19.4. The second kappa shape index (κ2) is 7.33. The summed E-state index contributed by atoms with van der Waals surface area (Å²) in [6.45, 7) is 5.38. The smallest absolute Gasteiger partial charge is 0.211 e. The van der Waals surface area contributed by atoms with Crippen LogP contribution in [0.25, 0.3) is 0 Å². The predicted octanol–water partition coefficient (Wildman–Crippen LogP) is 4.67. The van der Waals surface area contributed by atoms with Crippen LogP contribution in [0.4, 0.5) is 5.00 Å². The minimum absolute atomic E-state index is 0.722. The third-order valence-electron chi connectivity index (χ3n) is 3.65. The molecule has 0 aliphatic carbocycles. The Morgan fingerprint density at radius 1 is 1.14 bits per heavy atom. The third-order valence-corrected chi connectivity index (χ3v) is 8.30. The van der Waals surface area contributed by atoms with E-state index in [0.717, 1.165) is 35.3 Å². The topological polar surface area (TPSA) is 30.9 Å². The Labute approximate surface area is 138 Å². The normalized spacial score (nSPS) is 23.8. The van der Waals surface area contributed by atoms with Gasteiger partial charge in [0.2, 0.25) is 10.9 Å². The zero-order chi connectivity index (χ0) is 16.2. The molecule has 1 atom stereocenters. The summed E-state index contributed by atoms with van der Waals surface area (Å²) in [4.78, 5) is 0. The van der Waals surface area contributed by atoms with Crippen LogP contribution in [0.3, 0.4) is 0 Å². The quantitative estimate of drug-likeness (QED) is 0.686. The van der Waals surface area contributed by atoms with Crippen molar-refractivity contribution in [1.82, 2.24) is 0 Å². The molecule has 2 rings (SSSR count). The summed E-state index contributed by atoms with van der Waals surface area (Å²) in [6, 6.07) is 4.26. The number of ether oxygens (including phenoxy) is 3. The molecule has 4 nitrogen and oxygen atoms in total. The average molecular weight is 344 g/mol. The molecule has 0 saturated heterocycles. The van der Waals surface area contributed by atoms with E-state index in [9.17, 15) is 0 Å². The van der Waals surface area contributed by atoms with Crippen LogP contribution in [0.5, 0.6) is 0 Å². The first kappa shape index (κ1) is 17.1. The summed E-state index contributed by atoms with van der Waals surface area (Å²) >= 11 is 1.76. The molecule has 0 aromatic carbocycles. The van der Waals surface area contributed by atoms with Crippen molar-refractivity contribution in [2.45, 2.75) is 20.3 Å². The minimum atomic E-state index is -1.45. The average Bonchev–Trinajstić information content (AvgIpc) is 3.17. The van der Waals surface area contributed by atoms with Crippen LogP contribution in [0.15, 0.2) is 39.5 Å². The third kappa shape index (κ3) is 2.70. The van der Waals surface area contributed by atoms with E-state index in [1.54, 1.807) is 32.7 Å². The SMILES string of the molecule is CCCN(c1cccs1)S1(CC)C=C(OC)C(OC)=C1OC. The largest absolute Gasteiger partial charge is 0.492 e.